The molecule has 1 aliphatic carbocycles. The zero-order valence-corrected chi connectivity index (χ0v) is 20.5. The molecule has 2 atom stereocenters. The number of hydrazone groups is 1. The Hall–Kier alpha value is -3.16. The summed E-state index contributed by atoms with van der Waals surface area (Å²) in [5.41, 5.74) is 4.26. The summed E-state index contributed by atoms with van der Waals surface area (Å²) < 4.78 is 16.5. The summed E-state index contributed by atoms with van der Waals surface area (Å²) in [6.07, 6.45) is 5.84. The van der Waals surface area contributed by atoms with Gasteiger partial charge in [-0.3, -0.25) is 9.69 Å². The summed E-state index contributed by atoms with van der Waals surface area (Å²) in [5, 5.41) is 6.65. The number of benzene rings is 2. The molecule has 2 aliphatic heterocycles. The van der Waals surface area contributed by atoms with Gasteiger partial charge in [0, 0.05) is 31.1 Å². The highest BCUT2D eigenvalue weighted by Crippen LogP contribution is 2.37. The molecule has 7 nitrogen and oxygen atoms in total. The third-order valence-electron chi connectivity index (χ3n) is 7.20. The molecule has 1 fully saturated rings. The largest absolute Gasteiger partial charge is 0.493 e. The quantitative estimate of drug-likeness (QED) is 0.569. The van der Waals surface area contributed by atoms with Crippen molar-refractivity contribution in [3.63, 3.8) is 0 Å². The number of carbonyl (C=O) groups excluding carboxylic acids is 1. The molecule has 1 amide bonds. The lowest BCUT2D eigenvalue weighted by Gasteiger charge is -2.37. The Labute approximate surface area is 207 Å². The monoisotopic (exact) mass is 475 g/mol. The van der Waals surface area contributed by atoms with E-state index >= 15 is 0 Å². The summed E-state index contributed by atoms with van der Waals surface area (Å²) in [6, 6.07) is 14.3. The molecule has 3 aliphatic rings. The summed E-state index contributed by atoms with van der Waals surface area (Å²) in [4.78, 5) is 16.0. The maximum absolute atomic E-state index is 13.6. The van der Waals surface area contributed by atoms with E-state index in [1.807, 2.05) is 24.3 Å². The molecule has 2 unspecified atom stereocenters. The van der Waals surface area contributed by atoms with Crippen LogP contribution in [0.4, 0.5) is 0 Å². The maximum atomic E-state index is 13.6. The van der Waals surface area contributed by atoms with Gasteiger partial charge >= 0.3 is 0 Å². The van der Waals surface area contributed by atoms with Crippen LogP contribution in [0, 0.1) is 11.8 Å². The first-order valence-electron chi connectivity index (χ1n) is 12.3. The number of nitrogens with zero attached hydrogens (tertiary/aromatic N) is 3. The first kappa shape index (κ1) is 23.6. The lowest BCUT2D eigenvalue weighted by atomic mass is 9.76. The molecule has 0 radical (unpaired) electrons. The lowest BCUT2D eigenvalue weighted by molar-refractivity contribution is -0.138. The van der Waals surface area contributed by atoms with Crippen LogP contribution < -0.4 is 9.47 Å². The second-order valence-electron chi connectivity index (χ2n) is 9.26. The van der Waals surface area contributed by atoms with E-state index in [2.05, 4.69) is 35.3 Å². The molecule has 0 saturated carbocycles. The molecule has 2 aromatic carbocycles. The molecule has 0 aromatic heterocycles. The predicted molar refractivity (Wildman–Crippen MR) is 135 cm³/mol. The maximum Gasteiger partial charge on any atom is 0.247 e. The van der Waals surface area contributed by atoms with E-state index in [-0.39, 0.29) is 17.7 Å². The van der Waals surface area contributed by atoms with Crippen LogP contribution in [0.2, 0.25) is 0 Å². The average Bonchev–Trinajstić information content (AvgIpc) is 2.91. The van der Waals surface area contributed by atoms with E-state index in [9.17, 15) is 4.79 Å². The highest BCUT2D eigenvalue weighted by molar-refractivity contribution is 6.07. The molecule has 35 heavy (non-hydrogen) atoms. The number of hydrogen-bond donors (Lipinski definition) is 0. The van der Waals surface area contributed by atoms with Crippen molar-refractivity contribution in [1.29, 1.82) is 0 Å². The minimum Gasteiger partial charge on any atom is -0.493 e. The van der Waals surface area contributed by atoms with Crippen molar-refractivity contribution in [2.75, 3.05) is 40.5 Å². The Kier molecular flexibility index (Phi) is 7.16. The van der Waals surface area contributed by atoms with Gasteiger partial charge in [0.05, 0.1) is 45.6 Å². The zero-order chi connectivity index (χ0) is 24.2. The summed E-state index contributed by atoms with van der Waals surface area (Å²) in [5.74, 6) is 1.40. The number of morpholine rings is 1. The second-order valence-corrected chi connectivity index (χ2v) is 9.26. The number of amides is 1. The molecule has 0 bridgehead atoms. The fourth-order valence-electron chi connectivity index (χ4n) is 5.24. The molecular weight excluding hydrogens is 442 g/mol. The van der Waals surface area contributed by atoms with Crippen LogP contribution in [0.3, 0.4) is 0 Å². The molecule has 0 spiro atoms. The van der Waals surface area contributed by atoms with Gasteiger partial charge < -0.3 is 14.2 Å². The van der Waals surface area contributed by atoms with Crippen LogP contribution in [0.25, 0.3) is 0 Å². The first-order valence-corrected chi connectivity index (χ1v) is 12.3. The summed E-state index contributed by atoms with van der Waals surface area (Å²) >= 11 is 0. The van der Waals surface area contributed by atoms with Crippen LogP contribution in [-0.4, -0.2) is 62.1 Å². The minimum absolute atomic E-state index is 0.0606. The zero-order valence-electron chi connectivity index (χ0n) is 20.5. The van der Waals surface area contributed by atoms with Gasteiger partial charge in [-0.25, -0.2) is 5.01 Å². The van der Waals surface area contributed by atoms with E-state index in [0.29, 0.717) is 18.0 Å². The predicted octanol–water partition coefficient (Wildman–Crippen LogP) is 3.86. The number of methoxy groups -OCH3 is 2. The standard InChI is InChI=1S/C28H33N3O4/c1-33-25-12-11-20(17-26(25)34-2)27-23-9-5-6-10-24(23)28(32)31(29-27)19-22-8-4-3-7-21(22)18-30-13-15-35-16-14-30/h3-8,11-12,17,23-24H,9-10,13-16,18-19H2,1-2H3. The van der Waals surface area contributed by atoms with Gasteiger partial charge in [-0.2, -0.15) is 5.10 Å². The SMILES string of the molecule is COc1ccc(C2=NN(Cc3ccccc3CN3CCOCC3)C(=O)C3CC=CCC23)cc1OC. The third-order valence-corrected chi connectivity index (χ3v) is 7.20. The Bertz CT molecular complexity index is 1120. The third kappa shape index (κ3) is 4.97. The fourth-order valence-corrected chi connectivity index (χ4v) is 5.24. The number of allylic oxidation sites excluding steroid dienone is 2. The Morgan fingerprint density at radius 3 is 2.31 bits per heavy atom. The van der Waals surface area contributed by atoms with Crippen LogP contribution in [0.1, 0.15) is 29.5 Å². The molecule has 2 heterocycles. The van der Waals surface area contributed by atoms with Crippen molar-refractivity contribution in [3.8, 4) is 11.5 Å². The highest BCUT2D eigenvalue weighted by Gasteiger charge is 2.40. The molecule has 1 saturated heterocycles. The van der Waals surface area contributed by atoms with E-state index in [0.717, 1.165) is 62.5 Å². The van der Waals surface area contributed by atoms with Crippen LogP contribution in [0.15, 0.2) is 59.7 Å². The van der Waals surface area contributed by atoms with Crippen LogP contribution in [0.5, 0.6) is 11.5 Å². The van der Waals surface area contributed by atoms with Gasteiger partial charge in [-0.1, -0.05) is 36.4 Å². The van der Waals surface area contributed by atoms with Crippen molar-refractivity contribution < 1.29 is 19.0 Å². The first-order chi connectivity index (χ1) is 17.2. The number of rotatable bonds is 7. The van der Waals surface area contributed by atoms with Gasteiger partial charge in [0.2, 0.25) is 5.91 Å². The van der Waals surface area contributed by atoms with E-state index < -0.39 is 0 Å². The Balaban J connectivity index is 1.47. The van der Waals surface area contributed by atoms with Gasteiger partial charge in [0.15, 0.2) is 11.5 Å². The Morgan fingerprint density at radius 2 is 1.60 bits per heavy atom. The van der Waals surface area contributed by atoms with E-state index in [1.165, 1.54) is 5.56 Å². The highest BCUT2D eigenvalue weighted by atomic mass is 16.5. The van der Waals surface area contributed by atoms with Gasteiger partial charge in [0.1, 0.15) is 0 Å². The van der Waals surface area contributed by atoms with Crippen molar-refractivity contribution in [2.45, 2.75) is 25.9 Å². The fraction of sp³-hybridized carbons (Fsp3) is 0.429. The normalized spacial score (nSPS) is 22.5. The number of fused-ring (bicyclic) bond motifs is 1. The minimum atomic E-state index is -0.105. The summed E-state index contributed by atoms with van der Waals surface area (Å²) in [6.45, 7) is 4.69. The number of carbonyl (C=O) groups is 1. The van der Waals surface area contributed by atoms with Crippen molar-refractivity contribution in [2.24, 2.45) is 16.9 Å². The topological polar surface area (TPSA) is 63.6 Å². The average molecular weight is 476 g/mol. The summed E-state index contributed by atoms with van der Waals surface area (Å²) in [7, 11) is 3.27. The van der Waals surface area contributed by atoms with Gasteiger partial charge in [0.25, 0.3) is 0 Å². The molecule has 5 rings (SSSR count). The molecule has 2 aromatic rings. The van der Waals surface area contributed by atoms with Crippen molar-refractivity contribution >= 4 is 11.6 Å². The van der Waals surface area contributed by atoms with E-state index in [1.54, 1.807) is 19.2 Å². The number of hydrogen-bond acceptors (Lipinski definition) is 6. The van der Waals surface area contributed by atoms with Gasteiger partial charge in [-0.15, -0.1) is 0 Å². The Morgan fingerprint density at radius 1 is 0.914 bits per heavy atom. The van der Waals surface area contributed by atoms with Crippen molar-refractivity contribution in [3.05, 3.63) is 71.3 Å². The van der Waals surface area contributed by atoms with E-state index in [4.69, 9.17) is 19.3 Å². The molecule has 7 heteroatoms. The van der Waals surface area contributed by atoms with Crippen LogP contribution in [-0.2, 0) is 22.6 Å². The molecule has 0 N–H and O–H groups in total. The smallest absolute Gasteiger partial charge is 0.247 e. The second kappa shape index (κ2) is 10.6. The van der Waals surface area contributed by atoms with Gasteiger partial charge in [-0.05, 0) is 42.2 Å². The molecule has 184 valence electrons. The molecular formula is C28H33N3O4. The van der Waals surface area contributed by atoms with Crippen LogP contribution >= 0.6 is 0 Å². The lowest BCUT2D eigenvalue weighted by Crippen LogP contribution is -2.45. The van der Waals surface area contributed by atoms with Crippen molar-refractivity contribution in [1.82, 2.24) is 9.91 Å². The number of ether oxygens (including phenoxy) is 3.